The highest BCUT2D eigenvalue weighted by molar-refractivity contribution is 7.13. The number of aromatic nitrogens is 1. The zero-order chi connectivity index (χ0) is 16.1. The molecule has 2 aromatic rings. The molecular formula is C18H18FNO2S. The second kappa shape index (κ2) is 7.51. The average Bonchev–Trinajstić information content (AvgIpc) is 3.02. The number of nitrogens with zero attached hydrogens (tertiary/aromatic N) is 1. The van der Waals surface area contributed by atoms with Crippen molar-refractivity contribution in [3.8, 4) is 10.6 Å². The molecule has 0 saturated carbocycles. The number of hydrogen-bond acceptors (Lipinski definition) is 4. The zero-order valence-electron chi connectivity index (χ0n) is 12.7. The minimum Gasteiger partial charge on any atom is -0.465 e. The van der Waals surface area contributed by atoms with Crippen molar-refractivity contribution in [2.24, 2.45) is 5.92 Å². The van der Waals surface area contributed by atoms with E-state index in [0.29, 0.717) is 23.2 Å². The third-order valence-corrected chi connectivity index (χ3v) is 4.75. The summed E-state index contributed by atoms with van der Waals surface area (Å²) in [5.74, 6) is -0.113. The van der Waals surface area contributed by atoms with E-state index in [2.05, 4.69) is 17.1 Å². The molecule has 3 nitrogen and oxygen atoms in total. The van der Waals surface area contributed by atoms with Crippen molar-refractivity contribution in [1.29, 1.82) is 0 Å². The van der Waals surface area contributed by atoms with E-state index in [4.69, 9.17) is 4.74 Å². The van der Waals surface area contributed by atoms with Crippen molar-refractivity contribution in [3.63, 3.8) is 0 Å². The molecule has 1 unspecified atom stereocenters. The predicted molar refractivity (Wildman–Crippen MR) is 88.7 cm³/mol. The summed E-state index contributed by atoms with van der Waals surface area (Å²) in [5.41, 5.74) is 1.39. The first-order valence-electron chi connectivity index (χ1n) is 7.71. The van der Waals surface area contributed by atoms with Gasteiger partial charge in [-0.15, -0.1) is 11.3 Å². The lowest BCUT2D eigenvalue weighted by Crippen LogP contribution is -2.16. The van der Waals surface area contributed by atoms with Crippen LogP contribution in [0.15, 0.2) is 41.8 Å². The number of carbonyl (C=O) groups is 1. The van der Waals surface area contributed by atoms with Gasteiger partial charge in [-0.1, -0.05) is 24.3 Å². The maximum Gasteiger partial charge on any atom is 0.311 e. The Labute approximate surface area is 138 Å². The maximum atomic E-state index is 13.2. The molecule has 0 fully saturated rings. The number of esters is 1. The molecule has 3 rings (SSSR count). The van der Waals surface area contributed by atoms with Crippen LogP contribution >= 0.6 is 11.3 Å². The van der Waals surface area contributed by atoms with Gasteiger partial charge in [-0.25, -0.2) is 9.37 Å². The van der Waals surface area contributed by atoms with Gasteiger partial charge in [-0.3, -0.25) is 4.79 Å². The maximum absolute atomic E-state index is 13.2. The van der Waals surface area contributed by atoms with Crippen molar-refractivity contribution >= 4 is 17.3 Å². The molecule has 1 aliphatic rings. The first-order chi connectivity index (χ1) is 11.2. The van der Waals surface area contributed by atoms with Crippen LogP contribution in [0.25, 0.3) is 10.6 Å². The second-order valence-electron chi connectivity index (χ2n) is 5.66. The number of thiazole rings is 1. The fourth-order valence-corrected chi connectivity index (χ4v) is 3.38. The average molecular weight is 331 g/mol. The van der Waals surface area contributed by atoms with Crippen molar-refractivity contribution in [3.05, 3.63) is 53.3 Å². The van der Waals surface area contributed by atoms with E-state index in [-0.39, 0.29) is 18.2 Å². The molecule has 1 aromatic carbocycles. The number of benzene rings is 1. The third kappa shape index (κ3) is 4.48. The topological polar surface area (TPSA) is 39.2 Å². The molecule has 0 aliphatic heterocycles. The SMILES string of the molecule is O=C(Cc1csc(-c2cccc(F)c2)n1)OCC1CC=CCC1. The number of allylic oxidation sites excluding steroid dienone is 2. The van der Waals surface area contributed by atoms with Gasteiger partial charge in [-0.2, -0.15) is 0 Å². The van der Waals surface area contributed by atoms with Gasteiger partial charge in [0.15, 0.2) is 0 Å². The first kappa shape index (κ1) is 15.9. The Kier molecular flexibility index (Phi) is 5.18. The van der Waals surface area contributed by atoms with Gasteiger partial charge in [0.05, 0.1) is 18.7 Å². The summed E-state index contributed by atoms with van der Waals surface area (Å²) in [5, 5.41) is 2.54. The first-order valence-corrected chi connectivity index (χ1v) is 8.59. The number of ether oxygens (including phenoxy) is 1. The number of halogens is 1. The van der Waals surface area contributed by atoms with Gasteiger partial charge in [0.1, 0.15) is 10.8 Å². The third-order valence-electron chi connectivity index (χ3n) is 3.81. The molecule has 0 N–H and O–H groups in total. The molecule has 1 aromatic heterocycles. The van der Waals surface area contributed by atoms with Crippen LogP contribution in [-0.4, -0.2) is 17.6 Å². The van der Waals surface area contributed by atoms with Gasteiger partial charge >= 0.3 is 5.97 Å². The molecule has 1 aliphatic carbocycles. The standard InChI is InChI=1S/C18H18FNO2S/c19-15-8-4-7-14(9-15)18-20-16(12-23-18)10-17(21)22-11-13-5-2-1-3-6-13/h1-2,4,7-9,12-13H,3,5-6,10-11H2. The van der Waals surface area contributed by atoms with Crippen LogP contribution in [0.3, 0.4) is 0 Å². The lowest BCUT2D eigenvalue weighted by atomic mass is 9.95. The summed E-state index contributed by atoms with van der Waals surface area (Å²) in [7, 11) is 0. The summed E-state index contributed by atoms with van der Waals surface area (Å²) in [4.78, 5) is 16.3. The smallest absolute Gasteiger partial charge is 0.311 e. The van der Waals surface area contributed by atoms with E-state index in [1.54, 1.807) is 12.1 Å². The summed E-state index contributed by atoms with van der Waals surface area (Å²) in [6, 6.07) is 6.30. The highest BCUT2D eigenvalue weighted by atomic mass is 32.1. The molecule has 0 saturated heterocycles. The van der Waals surface area contributed by atoms with Crippen molar-refractivity contribution in [2.75, 3.05) is 6.61 Å². The molecular weight excluding hydrogens is 313 g/mol. The van der Waals surface area contributed by atoms with Crippen molar-refractivity contribution in [2.45, 2.75) is 25.7 Å². The largest absolute Gasteiger partial charge is 0.465 e. The minimum absolute atomic E-state index is 0.161. The van der Waals surface area contributed by atoms with Gasteiger partial charge in [0.25, 0.3) is 0 Å². The number of hydrogen-bond donors (Lipinski definition) is 0. The van der Waals surface area contributed by atoms with Crippen LogP contribution in [-0.2, 0) is 16.0 Å². The summed E-state index contributed by atoms with van der Waals surface area (Å²) in [6.07, 6.45) is 7.59. The Morgan fingerprint density at radius 2 is 2.30 bits per heavy atom. The van der Waals surface area contributed by atoms with E-state index in [0.717, 1.165) is 24.8 Å². The van der Waals surface area contributed by atoms with Crippen molar-refractivity contribution in [1.82, 2.24) is 4.98 Å². The molecule has 0 radical (unpaired) electrons. The predicted octanol–water partition coefficient (Wildman–Crippen LogP) is 4.39. The molecule has 1 heterocycles. The molecule has 1 atom stereocenters. The molecule has 5 heteroatoms. The van der Waals surface area contributed by atoms with Gasteiger partial charge in [0, 0.05) is 10.9 Å². The Balaban J connectivity index is 1.54. The quantitative estimate of drug-likeness (QED) is 0.602. The molecule has 0 spiro atoms. The summed E-state index contributed by atoms with van der Waals surface area (Å²) < 4.78 is 18.6. The minimum atomic E-state index is -0.291. The lowest BCUT2D eigenvalue weighted by Gasteiger charge is -2.17. The fraction of sp³-hybridized carbons (Fsp3) is 0.333. The van der Waals surface area contributed by atoms with E-state index in [9.17, 15) is 9.18 Å². The Morgan fingerprint density at radius 3 is 3.09 bits per heavy atom. The Morgan fingerprint density at radius 1 is 1.39 bits per heavy atom. The van der Waals surface area contributed by atoms with Crippen LogP contribution in [0.5, 0.6) is 0 Å². The number of carbonyl (C=O) groups excluding carboxylic acids is 1. The normalized spacial score (nSPS) is 17.2. The zero-order valence-corrected chi connectivity index (χ0v) is 13.5. The Hall–Kier alpha value is -2.01. The molecule has 23 heavy (non-hydrogen) atoms. The van der Waals surface area contributed by atoms with Crippen LogP contribution in [0.4, 0.5) is 4.39 Å². The van der Waals surface area contributed by atoms with Crippen LogP contribution in [0.1, 0.15) is 25.0 Å². The van der Waals surface area contributed by atoms with E-state index in [1.165, 1.54) is 23.5 Å². The monoisotopic (exact) mass is 331 g/mol. The van der Waals surface area contributed by atoms with Crippen LogP contribution < -0.4 is 0 Å². The van der Waals surface area contributed by atoms with Gasteiger partial charge < -0.3 is 4.74 Å². The molecule has 0 amide bonds. The van der Waals surface area contributed by atoms with Crippen molar-refractivity contribution < 1.29 is 13.9 Å². The van der Waals surface area contributed by atoms with Gasteiger partial charge in [0.2, 0.25) is 0 Å². The van der Waals surface area contributed by atoms with Crippen LogP contribution in [0.2, 0.25) is 0 Å². The summed E-state index contributed by atoms with van der Waals surface area (Å²) in [6.45, 7) is 0.476. The number of rotatable bonds is 5. The van der Waals surface area contributed by atoms with Crippen LogP contribution in [0, 0.1) is 11.7 Å². The molecule has 0 bridgehead atoms. The van der Waals surface area contributed by atoms with Gasteiger partial charge in [-0.05, 0) is 37.3 Å². The Bertz CT molecular complexity index is 711. The second-order valence-corrected chi connectivity index (χ2v) is 6.52. The van der Waals surface area contributed by atoms with E-state index >= 15 is 0 Å². The lowest BCUT2D eigenvalue weighted by molar-refractivity contribution is -0.144. The highest BCUT2D eigenvalue weighted by Crippen LogP contribution is 2.24. The van der Waals surface area contributed by atoms with E-state index in [1.807, 2.05) is 5.38 Å². The van der Waals surface area contributed by atoms with E-state index < -0.39 is 0 Å². The highest BCUT2D eigenvalue weighted by Gasteiger charge is 2.14. The molecule has 120 valence electrons. The fourth-order valence-electron chi connectivity index (χ4n) is 2.56. The summed E-state index contributed by atoms with van der Waals surface area (Å²) >= 11 is 1.40.